The quantitative estimate of drug-likeness (QED) is 0.939. The molecule has 0 radical (unpaired) electrons. The summed E-state index contributed by atoms with van der Waals surface area (Å²) >= 11 is 0. The van der Waals surface area contributed by atoms with Gasteiger partial charge in [0.2, 0.25) is 0 Å². The first kappa shape index (κ1) is 14.1. The maximum absolute atomic E-state index is 9.59. The first-order valence-electron chi connectivity index (χ1n) is 7.54. The van der Waals surface area contributed by atoms with Crippen LogP contribution in [0.15, 0.2) is 24.3 Å². The van der Waals surface area contributed by atoms with Crippen LogP contribution in [0.1, 0.15) is 49.4 Å². The summed E-state index contributed by atoms with van der Waals surface area (Å²) in [5.41, 5.74) is 2.61. The Labute approximate surface area is 124 Å². The molecule has 0 unspecified atom stereocenters. The molecule has 112 valence electrons. The number of aliphatic hydroxyl groups excluding tert-OH is 1. The van der Waals surface area contributed by atoms with Crippen LogP contribution < -0.4 is 4.74 Å². The molecule has 1 fully saturated rings. The highest BCUT2D eigenvalue weighted by molar-refractivity contribution is 5.47. The summed E-state index contributed by atoms with van der Waals surface area (Å²) in [4.78, 5) is 0. The third-order valence-corrected chi connectivity index (χ3v) is 4.23. The van der Waals surface area contributed by atoms with Crippen molar-refractivity contribution >= 4 is 0 Å². The van der Waals surface area contributed by atoms with E-state index >= 15 is 0 Å². The summed E-state index contributed by atoms with van der Waals surface area (Å²) in [6, 6.07) is 7.79. The Morgan fingerprint density at radius 1 is 1.24 bits per heavy atom. The number of methoxy groups -OCH3 is 1. The SMILES string of the molecule is COc1ccccc1-n1nnc(CO)c1C1CCCCC1. The standard InChI is InChI=1S/C16H21N3O2/c1-21-15-10-6-5-9-14(15)19-16(13(11-20)17-18-19)12-7-3-2-4-8-12/h5-6,9-10,12,20H,2-4,7-8,11H2,1H3. The van der Waals surface area contributed by atoms with Gasteiger partial charge in [-0.2, -0.15) is 0 Å². The zero-order valence-corrected chi connectivity index (χ0v) is 12.3. The zero-order valence-electron chi connectivity index (χ0n) is 12.3. The number of hydrogen-bond acceptors (Lipinski definition) is 4. The van der Waals surface area contributed by atoms with E-state index < -0.39 is 0 Å². The van der Waals surface area contributed by atoms with Gasteiger partial charge in [0.1, 0.15) is 17.1 Å². The van der Waals surface area contributed by atoms with Crippen LogP contribution in [0.4, 0.5) is 0 Å². The lowest BCUT2D eigenvalue weighted by atomic mass is 9.86. The number of rotatable bonds is 4. The van der Waals surface area contributed by atoms with Crippen LogP contribution in [0.5, 0.6) is 5.75 Å². The molecule has 5 nitrogen and oxygen atoms in total. The van der Waals surface area contributed by atoms with Crippen LogP contribution in [-0.4, -0.2) is 27.2 Å². The number of hydrogen-bond donors (Lipinski definition) is 1. The van der Waals surface area contributed by atoms with Crippen molar-refractivity contribution in [3.8, 4) is 11.4 Å². The van der Waals surface area contributed by atoms with Crippen molar-refractivity contribution in [2.45, 2.75) is 44.6 Å². The molecule has 1 heterocycles. The fourth-order valence-corrected chi connectivity index (χ4v) is 3.20. The molecule has 0 amide bonds. The van der Waals surface area contributed by atoms with Gasteiger partial charge in [0.05, 0.1) is 19.4 Å². The zero-order chi connectivity index (χ0) is 14.7. The third kappa shape index (κ3) is 2.65. The van der Waals surface area contributed by atoms with E-state index in [0.29, 0.717) is 11.6 Å². The molecule has 3 rings (SSSR count). The summed E-state index contributed by atoms with van der Waals surface area (Å²) in [7, 11) is 1.66. The molecule has 2 aromatic rings. The van der Waals surface area contributed by atoms with Crippen LogP contribution in [0.25, 0.3) is 5.69 Å². The molecule has 1 aliphatic carbocycles. The minimum absolute atomic E-state index is 0.0685. The average Bonchev–Trinajstić information content (AvgIpc) is 2.99. The molecule has 0 saturated heterocycles. The summed E-state index contributed by atoms with van der Waals surface area (Å²) in [6.45, 7) is -0.0685. The van der Waals surface area contributed by atoms with E-state index in [9.17, 15) is 5.11 Å². The van der Waals surface area contributed by atoms with Gasteiger partial charge in [0.15, 0.2) is 0 Å². The van der Waals surface area contributed by atoms with Gasteiger partial charge < -0.3 is 9.84 Å². The van der Waals surface area contributed by atoms with Gasteiger partial charge in [-0.25, -0.2) is 4.68 Å². The Balaban J connectivity index is 2.08. The lowest BCUT2D eigenvalue weighted by Crippen LogP contribution is -2.13. The maximum atomic E-state index is 9.59. The van der Waals surface area contributed by atoms with Crippen molar-refractivity contribution in [3.05, 3.63) is 35.7 Å². The molecule has 1 N–H and O–H groups in total. The molecule has 0 spiro atoms. The van der Waals surface area contributed by atoms with E-state index in [0.717, 1.165) is 30.0 Å². The predicted octanol–water partition coefficient (Wildman–Crippen LogP) is 2.82. The molecule has 1 aliphatic rings. The minimum Gasteiger partial charge on any atom is -0.494 e. The molecule has 21 heavy (non-hydrogen) atoms. The Morgan fingerprint density at radius 2 is 2.00 bits per heavy atom. The molecule has 1 aromatic heterocycles. The van der Waals surface area contributed by atoms with E-state index in [-0.39, 0.29) is 6.61 Å². The second-order valence-corrected chi connectivity index (χ2v) is 5.50. The molecule has 1 saturated carbocycles. The number of nitrogens with zero attached hydrogens (tertiary/aromatic N) is 3. The van der Waals surface area contributed by atoms with Gasteiger partial charge in [0.25, 0.3) is 0 Å². The van der Waals surface area contributed by atoms with Crippen molar-refractivity contribution < 1.29 is 9.84 Å². The van der Waals surface area contributed by atoms with Crippen LogP contribution in [0.3, 0.4) is 0 Å². The maximum Gasteiger partial charge on any atom is 0.144 e. The lowest BCUT2D eigenvalue weighted by Gasteiger charge is -2.23. The van der Waals surface area contributed by atoms with Gasteiger partial charge in [-0.3, -0.25) is 0 Å². The number of ether oxygens (including phenoxy) is 1. The smallest absolute Gasteiger partial charge is 0.144 e. The van der Waals surface area contributed by atoms with Crippen LogP contribution in [0.2, 0.25) is 0 Å². The first-order chi connectivity index (χ1) is 10.3. The average molecular weight is 287 g/mol. The lowest BCUT2D eigenvalue weighted by molar-refractivity contribution is 0.273. The summed E-state index contributed by atoms with van der Waals surface area (Å²) in [6.07, 6.45) is 6.02. The van der Waals surface area contributed by atoms with Gasteiger partial charge in [0, 0.05) is 5.92 Å². The summed E-state index contributed by atoms with van der Waals surface area (Å²) < 4.78 is 7.28. The van der Waals surface area contributed by atoms with Crippen molar-refractivity contribution in [2.24, 2.45) is 0 Å². The fourth-order valence-electron chi connectivity index (χ4n) is 3.20. The van der Waals surface area contributed by atoms with E-state index in [1.54, 1.807) is 7.11 Å². The van der Waals surface area contributed by atoms with Gasteiger partial charge >= 0.3 is 0 Å². The Bertz CT molecular complexity index is 603. The fraction of sp³-hybridized carbons (Fsp3) is 0.500. The molecule has 5 heteroatoms. The summed E-state index contributed by atoms with van der Waals surface area (Å²) in [5, 5.41) is 18.0. The second kappa shape index (κ2) is 6.26. The topological polar surface area (TPSA) is 60.2 Å². The molecule has 1 aromatic carbocycles. The number of benzene rings is 1. The van der Waals surface area contributed by atoms with Crippen molar-refractivity contribution in [1.82, 2.24) is 15.0 Å². The van der Waals surface area contributed by atoms with E-state index in [4.69, 9.17) is 4.74 Å². The highest BCUT2D eigenvalue weighted by Crippen LogP contribution is 2.36. The largest absolute Gasteiger partial charge is 0.494 e. The van der Waals surface area contributed by atoms with Crippen LogP contribution in [-0.2, 0) is 6.61 Å². The molecule has 0 aliphatic heterocycles. The number of aromatic nitrogens is 3. The van der Waals surface area contributed by atoms with E-state index in [1.165, 1.54) is 19.3 Å². The van der Waals surface area contributed by atoms with Crippen LogP contribution in [0, 0.1) is 0 Å². The van der Waals surface area contributed by atoms with Crippen molar-refractivity contribution in [3.63, 3.8) is 0 Å². The highest BCUT2D eigenvalue weighted by Gasteiger charge is 2.25. The van der Waals surface area contributed by atoms with Gasteiger partial charge in [-0.15, -0.1) is 5.10 Å². The van der Waals surface area contributed by atoms with E-state index in [2.05, 4.69) is 10.3 Å². The predicted molar refractivity (Wildman–Crippen MR) is 79.7 cm³/mol. The van der Waals surface area contributed by atoms with Gasteiger partial charge in [-0.1, -0.05) is 36.6 Å². The monoisotopic (exact) mass is 287 g/mol. The van der Waals surface area contributed by atoms with Gasteiger partial charge in [-0.05, 0) is 25.0 Å². The number of para-hydroxylation sites is 2. The molecule has 0 bridgehead atoms. The Kier molecular flexibility index (Phi) is 4.20. The van der Waals surface area contributed by atoms with Crippen LogP contribution >= 0.6 is 0 Å². The second-order valence-electron chi connectivity index (χ2n) is 5.50. The van der Waals surface area contributed by atoms with Crippen molar-refractivity contribution in [2.75, 3.05) is 7.11 Å². The number of aliphatic hydroxyl groups is 1. The molecule has 0 atom stereocenters. The van der Waals surface area contributed by atoms with E-state index in [1.807, 2.05) is 28.9 Å². The molecular weight excluding hydrogens is 266 g/mol. The van der Waals surface area contributed by atoms with Crippen molar-refractivity contribution in [1.29, 1.82) is 0 Å². The Morgan fingerprint density at radius 3 is 2.71 bits per heavy atom. The minimum atomic E-state index is -0.0685. The first-order valence-corrected chi connectivity index (χ1v) is 7.54. The molecular formula is C16H21N3O2. The highest BCUT2D eigenvalue weighted by atomic mass is 16.5. The Hall–Kier alpha value is -1.88. The normalized spacial score (nSPS) is 16.1. The summed E-state index contributed by atoms with van der Waals surface area (Å²) in [5.74, 6) is 1.18. The third-order valence-electron chi connectivity index (χ3n) is 4.23.